The van der Waals surface area contributed by atoms with Crippen LogP contribution in [0.4, 0.5) is 0 Å². The Morgan fingerprint density at radius 2 is 2.06 bits per heavy atom. The highest BCUT2D eigenvalue weighted by atomic mass is 32.2. The monoisotopic (exact) mass is 267 g/mol. The number of hydrogen-bond acceptors (Lipinski definition) is 3. The number of rotatable bonds is 8. The summed E-state index contributed by atoms with van der Waals surface area (Å²) in [4.78, 5) is 12.8. The second-order valence-corrected chi connectivity index (χ2v) is 5.64. The molecule has 18 heavy (non-hydrogen) atoms. The maximum Gasteiger partial charge on any atom is 0.307 e. The Balaban J connectivity index is 2.12. The summed E-state index contributed by atoms with van der Waals surface area (Å²) < 4.78 is 0. The van der Waals surface area contributed by atoms with Gasteiger partial charge in [0.25, 0.3) is 0 Å². The summed E-state index contributed by atoms with van der Waals surface area (Å²) in [5.74, 6) is 1.02. The van der Waals surface area contributed by atoms with Crippen LogP contribution in [-0.2, 0) is 10.5 Å². The topological polar surface area (TPSA) is 40.5 Å². The third-order valence-corrected chi connectivity index (χ3v) is 3.74. The van der Waals surface area contributed by atoms with Gasteiger partial charge in [0.15, 0.2) is 0 Å². The molecule has 0 aliphatic heterocycles. The Morgan fingerprint density at radius 1 is 1.39 bits per heavy atom. The van der Waals surface area contributed by atoms with E-state index in [-0.39, 0.29) is 5.92 Å². The fourth-order valence-corrected chi connectivity index (χ4v) is 2.63. The predicted octanol–water partition coefficient (Wildman–Crippen LogP) is 2.57. The maximum atomic E-state index is 10.7. The van der Waals surface area contributed by atoms with Gasteiger partial charge in [0, 0.05) is 24.6 Å². The van der Waals surface area contributed by atoms with Gasteiger partial charge in [-0.25, -0.2) is 0 Å². The van der Waals surface area contributed by atoms with Crippen LogP contribution in [0.15, 0.2) is 30.3 Å². The average molecular weight is 267 g/mol. The van der Waals surface area contributed by atoms with E-state index < -0.39 is 5.97 Å². The average Bonchev–Trinajstić information content (AvgIpc) is 2.35. The SMILES string of the molecule is CC(CN(C)CCSCc1ccccc1)C(=O)O. The molecule has 1 N–H and O–H groups in total. The van der Waals surface area contributed by atoms with Crippen LogP contribution < -0.4 is 0 Å². The number of benzene rings is 1. The maximum absolute atomic E-state index is 10.7. The van der Waals surface area contributed by atoms with E-state index in [1.807, 2.05) is 24.9 Å². The quantitative estimate of drug-likeness (QED) is 0.735. The Hall–Kier alpha value is -1.00. The Morgan fingerprint density at radius 3 is 2.67 bits per heavy atom. The van der Waals surface area contributed by atoms with Crippen LogP contribution in [0.2, 0.25) is 0 Å². The largest absolute Gasteiger partial charge is 0.481 e. The highest BCUT2D eigenvalue weighted by Gasteiger charge is 2.12. The van der Waals surface area contributed by atoms with Gasteiger partial charge in [0.1, 0.15) is 0 Å². The fraction of sp³-hybridized carbons (Fsp3) is 0.500. The first-order valence-corrected chi connectivity index (χ1v) is 7.28. The molecular formula is C14H21NO2S. The molecule has 3 nitrogen and oxygen atoms in total. The van der Waals surface area contributed by atoms with Crippen molar-refractivity contribution in [1.29, 1.82) is 0 Å². The molecule has 1 rings (SSSR count). The van der Waals surface area contributed by atoms with Crippen molar-refractivity contribution in [2.75, 3.05) is 25.9 Å². The fourth-order valence-electron chi connectivity index (χ4n) is 1.62. The molecule has 0 amide bonds. The summed E-state index contributed by atoms with van der Waals surface area (Å²) in [6, 6.07) is 10.4. The minimum atomic E-state index is -0.723. The van der Waals surface area contributed by atoms with Crippen LogP contribution in [0.1, 0.15) is 12.5 Å². The van der Waals surface area contributed by atoms with Crippen molar-refractivity contribution >= 4 is 17.7 Å². The molecule has 0 saturated heterocycles. The number of carbonyl (C=O) groups is 1. The highest BCUT2D eigenvalue weighted by Crippen LogP contribution is 2.11. The number of carboxylic acid groups (broad SMARTS) is 1. The zero-order valence-corrected chi connectivity index (χ0v) is 11.8. The van der Waals surface area contributed by atoms with Gasteiger partial charge in [-0.15, -0.1) is 0 Å². The molecule has 1 aromatic carbocycles. The van der Waals surface area contributed by atoms with E-state index in [0.717, 1.165) is 18.1 Å². The summed E-state index contributed by atoms with van der Waals surface area (Å²) in [6.07, 6.45) is 0. The first-order valence-electron chi connectivity index (χ1n) is 6.12. The third kappa shape index (κ3) is 6.07. The van der Waals surface area contributed by atoms with E-state index in [0.29, 0.717) is 6.54 Å². The van der Waals surface area contributed by atoms with Gasteiger partial charge in [-0.05, 0) is 12.6 Å². The molecule has 0 bridgehead atoms. The van der Waals surface area contributed by atoms with Gasteiger partial charge in [0.2, 0.25) is 0 Å². The van der Waals surface area contributed by atoms with Gasteiger partial charge in [-0.3, -0.25) is 4.79 Å². The lowest BCUT2D eigenvalue weighted by Gasteiger charge is -2.18. The third-order valence-electron chi connectivity index (χ3n) is 2.74. The van der Waals surface area contributed by atoms with Crippen LogP contribution >= 0.6 is 11.8 Å². The lowest BCUT2D eigenvalue weighted by molar-refractivity contribution is -0.141. The van der Waals surface area contributed by atoms with E-state index in [9.17, 15) is 4.79 Å². The van der Waals surface area contributed by atoms with Gasteiger partial charge in [-0.1, -0.05) is 37.3 Å². The number of hydrogen-bond donors (Lipinski definition) is 1. The van der Waals surface area contributed by atoms with Crippen molar-refractivity contribution in [2.45, 2.75) is 12.7 Å². The standard InChI is InChI=1S/C14H21NO2S/c1-12(14(16)17)10-15(2)8-9-18-11-13-6-4-3-5-7-13/h3-7,12H,8-11H2,1-2H3,(H,16,17). The van der Waals surface area contributed by atoms with E-state index in [1.54, 1.807) is 6.92 Å². The first kappa shape index (κ1) is 15.1. The molecule has 0 heterocycles. The zero-order valence-electron chi connectivity index (χ0n) is 11.0. The normalized spacial score (nSPS) is 12.6. The van der Waals surface area contributed by atoms with Crippen molar-refractivity contribution < 1.29 is 9.90 Å². The molecule has 0 saturated carbocycles. The second kappa shape index (κ2) is 8.16. The van der Waals surface area contributed by atoms with E-state index in [1.165, 1.54) is 5.56 Å². The van der Waals surface area contributed by atoms with Crippen molar-refractivity contribution in [2.24, 2.45) is 5.92 Å². The van der Waals surface area contributed by atoms with Crippen molar-refractivity contribution in [3.05, 3.63) is 35.9 Å². The first-order chi connectivity index (χ1) is 8.59. The van der Waals surface area contributed by atoms with Crippen molar-refractivity contribution in [3.63, 3.8) is 0 Å². The van der Waals surface area contributed by atoms with E-state index in [4.69, 9.17) is 5.11 Å². The Kier molecular flexibility index (Phi) is 6.83. The molecule has 100 valence electrons. The summed E-state index contributed by atoms with van der Waals surface area (Å²) in [5, 5.41) is 8.82. The molecule has 0 fully saturated rings. The van der Waals surface area contributed by atoms with Gasteiger partial charge in [-0.2, -0.15) is 11.8 Å². The Labute approximate surface area is 113 Å². The van der Waals surface area contributed by atoms with Gasteiger partial charge < -0.3 is 10.0 Å². The number of aliphatic carboxylic acids is 1. The highest BCUT2D eigenvalue weighted by molar-refractivity contribution is 7.98. The van der Waals surface area contributed by atoms with Gasteiger partial charge in [0.05, 0.1) is 5.92 Å². The van der Waals surface area contributed by atoms with Crippen LogP contribution in [0.25, 0.3) is 0 Å². The molecule has 0 aliphatic carbocycles. The molecule has 0 radical (unpaired) electrons. The smallest absolute Gasteiger partial charge is 0.307 e. The van der Waals surface area contributed by atoms with E-state index in [2.05, 4.69) is 29.2 Å². The number of thioether (sulfide) groups is 1. The zero-order chi connectivity index (χ0) is 13.4. The summed E-state index contributed by atoms with van der Waals surface area (Å²) in [5.41, 5.74) is 1.34. The predicted molar refractivity (Wildman–Crippen MR) is 76.9 cm³/mol. The molecule has 0 spiro atoms. The van der Waals surface area contributed by atoms with Crippen LogP contribution in [-0.4, -0.2) is 41.9 Å². The molecule has 0 aromatic heterocycles. The summed E-state index contributed by atoms with van der Waals surface area (Å²) in [7, 11) is 1.97. The van der Waals surface area contributed by atoms with Crippen molar-refractivity contribution in [3.8, 4) is 0 Å². The second-order valence-electron chi connectivity index (χ2n) is 4.54. The summed E-state index contributed by atoms with van der Waals surface area (Å²) >= 11 is 1.88. The Bertz CT molecular complexity index is 356. The minimum absolute atomic E-state index is 0.297. The van der Waals surface area contributed by atoms with E-state index >= 15 is 0 Å². The molecule has 0 aliphatic rings. The number of nitrogens with zero attached hydrogens (tertiary/aromatic N) is 1. The molecule has 1 unspecified atom stereocenters. The lowest BCUT2D eigenvalue weighted by Crippen LogP contribution is -2.30. The van der Waals surface area contributed by atoms with Crippen molar-refractivity contribution in [1.82, 2.24) is 4.90 Å². The molecule has 4 heteroatoms. The lowest BCUT2D eigenvalue weighted by atomic mass is 10.2. The van der Waals surface area contributed by atoms with Gasteiger partial charge >= 0.3 is 5.97 Å². The minimum Gasteiger partial charge on any atom is -0.481 e. The number of carboxylic acids is 1. The molecule has 1 atom stereocenters. The van der Waals surface area contributed by atoms with Crippen LogP contribution in [0, 0.1) is 5.92 Å². The molecular weight excluding hydrogens is 246 g/mol. The van der Waals surface area contributed by atoms with Crippen LogP contribution in [0.5, 0.6) is 0 Å². The van der Waals surface area contributed by atoms with Crippen LogP contribution in [0.3, 0.4) is 0 Å². The molecule has 1 aromatic rings. The summed E-state index contributed by atoms with van der Waals surface area (Å²) in [6.45, 7) is 3.28.